The van der Waals surface area contributed by atoms with Crippen LogP contribution in [0.5, 0.6) is 0 Å². The van der Waals surface area contributed by atoms with Gasteiger partial charge in [0.2, 0.25) is 5.91 Å². The van der Waals surface area contributed by atoms with E-state index in [2.05, 4.69) is 5.32 Å². The molecule has 0 radical (unpaired) electrons. The average Bonchev–Trinajstić information content (AvgIpc) is 2.60. The zero-order valence-electron chi connectivity index (χ0n) is 14.0. The molecule has 2 aromatic carbocycles. The van der Waals surface area contributed by atoms with Crippen LogP contribution in [-0.2, 0) is 25.1 Å². The van der Waals surface area contributed by atoms with Crippen molar-refractivity contribution in [3.63, 3.8) is 0 Å². The number of rotatable bonds is 8. The first-order chi connectivity index (χ1) is 11.9. The smallest absolute Gasteiger partial charge is 0.227 e. The fourth-order valence-corrected chi connectivity index (χ4v) is 3.71. The number of ether oxygens (including phenoxy) is 1. The van der Waals surface area contributed by atoms with Crippen molar-refractivity contribution in [3.8, 4) is 0 Å². The summed E-state index contributed by atoms with van der Waals surface area (Å²) in [6, 6.07) is 15.1. The summed E-state index contributed by atoms with van der Waals surface area (Å²) in [6.07, 6.45) is -0.207. The van der Waals surface area contributed by atoms with Crippen molar-refractivity contribution in [3.05, 3.63) is 60.2 Å². The van der Waals surface area contributed by atoms with Gasteiger partial charge in [0.05, 0.1) is 23.2 Å². The molecular formula is C18H22N2O4S. The summed E-state index contributed by atoms with van der Waals surface area (Å²) < 4.78 is 30.0. The molecule has 0 saturated heterocycles. The Hall–Kier alpha value is -2.22. The van der Waals surface area contributed by atoms with Gasteiger partial charge in [-0.3, -0.25) is 4.79 Å². The third kappa shape index (κ3) is 5.67. The van der Waals surface area contributed by atoms with E-state index in [9.17, 15) is 13.2 Å². The van der Waals surface area contributed by atoms with Crippen LogP contribution in [-0.4, -0.2) is 34.1 Å². The quantitative estimate of drug-likeness (QED) is 0.748. The number of methoxy groups -OCH3 is 1. The standard InChI is InChI=1S/C18H22N2O4S/c1-24-16(12-19)11-18(21)20-15-7-5-6-14(10-15)13-25(22,23)17-8-3-2-4-9-17/h2-10,16H,11-13,19H2,1H3,(H,20,21). The highest BCUT2D eigenvalue weighted by Crippen LogP contribution is 2.19. The summed E-state index contributed by atoms with van der Waals surface area (Å²) in [6.45, 7) is 0.249. The van der Waals surface area contributed by atoms with Gasteiger partial charge in [-0.1, -0.05) is 30.3 Å². The highest BCUT2D eigenvalue weighted by molar-refractivity contribution is 7.90. The molecular weight excluding hydrogens is 340 g/mol. The van der Waals surface area contributed by atoms with Crippen molar-refractivity contribution in [1.29, 1.82) is 0 Å². The molecule has 25 heavy (non-hydrogen) atoms. The number of hydrogen-bond donors (Lipinski definition) is 2. The lowest BCUT2D eigenvalue weighted by Crippen LogP contribution is -2.28. The second-order valence-electron chi connectivity index (χ2n) is 5.62. The zero-order chi connectivity index (χ0) is 18.3. The van der Waals surface area contributed by atoms with E-state index in [1.54, 1.807) is 54.6 Å². The van der Waals surface area contributed by atoms with Gasteiger partial charge in [0, 0.05) is 19.3 Å². The molecule has 1 unspecified atom stereocenters. The van der Waals surface area contributed by atoms with Crippen molar-refractivity contribution >= 4 is 21.4 Å². The van der Waals surface area contributed by atoms with E-state index in [0.717, 1.165) is 0 Å². The van der Waals surface area contributed by atoms with E-state index in [1.807, 2.05) is 0 Å². The van der Waals surface area contributed by atoms with E-state index in [-0.39, 0.29) is 35.6 Å². The summed E-state index contributed by atoms with van der Waals surface area (Å²) >= 11 is 0. The summed E-state index contributed by atoms with van der Waals surface area (Å²) in [5.41, 5.74) is 6.64. The third-order valence-corrected chi connectivity index (χ3v) is 5.38. The first-order valence-corrected chi connectivity index (χ1v) is 9.49. The van der Waals surface area contributed by atoms with Gasteiger partial charge in [0.25, 0.3) is 0 Å². The van der Waals surface area contributed by atoms with Crippen LogP contribution >= 0.6 is 0 Å². The van der Waals surface area contributed by atoms with Crippen LogP contribution in [0.2, 0.25) is 0 Å². The van der Waals surface area contributed by atoms with Crippen LogP contribution in [0, 0.1) is 0 Å². The molecule has 134 valence electrons. The molecule has 0 bridgehead atoms. The Bertz CT molecular complexity index is 803. The van der Waals surface area contributed by atoms with E-state index in [0.29, 0.717) is 11.3 Å². The molecule has 0 heterocycles. The average molecular weight is 362 g/mol. The fourth-order valence-electron chi connectivity index (χ4n) is 2.35. The Morgan fingerprint density at radius 1 is 1.16 bits per heavy atom. The molecule has 6 nitrogen and oxygen atoms in total. The second kappa shape index (κ2) is 8.75. The Morgan fingerprint density at radius 2 is 1.88 bits per heavy atom. The van der Waals surface area contributed by atoms with E-state index < -0.39 is 9.84 Å². The molecule has 3 N–H and O–H groups in total. The number of nitrogens with one attached hydrogen (secondary N) is 1. The minimum absolute atomic E-state index is 0.135. The number of hydrogen-bond acceptors (Lipinski definition) is 5. The number of carbonyl (C=O) groups excluding carboxylic acids is 1. The van der Waals surface area contributed by atoms with Crippen molar-refractivity contribution in [1.82, 2.24) is 0 Å². The molecule has 2 rings (SSSR count). The van der Waals surface area contributed by atoms with Crippen molar-refractivity contribution < 1.29 is 17.9 Å². The van der Waals surface area contributed by atoms with Gasteiger partial charge >= 0.3 is 0 Å². The third-order valence-electron chi connectivity index (χ3n) is 3.68. The Morgan fingerprint density at radius 3 is 2.52 bits per heavy atom. The molecule has 0 spiro atoms. The largest absolute Gasteiger partial charge is 0.380 e. The fraction of sp³-hybridized carbons (Fsp3) is 0.278. The van der Waals surface area contributed by atoms with Gasteiger partial charge < -0.3 is 15.8 Å². The van der Waals surface area contributed by atoms with Crippen LogP contribution in [0.25, 0.3) is 0 Å². The number of carbonyl (C=O) groups is 1. The number of sulfone groups is 1. The Balaban J connectivity index is 2.07. The first kappa shape index (κ1) is 19.1. The Labute approximate surface area is 147 Å². The van der Waals surface area contributed by atoms with Gasteiger partial charge in [-0.25, -0.2) is 8.42 Å². The second-order valence-corrected chi connectivity index (χ2v) is 7.61. The SMILES string of the molecule is COC(CN)CC(=O)Nc1cccc(CS(=O)(=O)c2ccccc2)c1. The van der Waals surface area contributed by atoms with Gasteiger partial charge in [-0.05, 0) is 29.8 Å². The number of benzene rings is 2. The predicted molar refractivity (Wildman–Crippen MR) is 96.9 cm³/mol. The monoisotopic (exact) mass is 362 g/mol. The van der Waals surface area contributed by atoms with Crippen LogP contribution in [0.1, 0.15) is 12.0 Å². The lowest BCUT2D eigenvalue weighted by atomic mass is 10.2. The predicted octanol–water partition coefficient (Wildman–Crippen LogP) is 1.96. The van der Waals surface area contributed by atoms with Crippen LogP contribution in [0.4, 0.5) is 5.69 Å². The van der Waals surface area contributed by atoms with Crippen molar-refractivity contribution in [2.24, 2.45) is 5.73 Å². The summed E-state index contributed by atoms with van der Waals surface area (Å²) in [5, 5.41) is 2.74. The lowest BCUT2D eigenvalue weighted by molar-refractivity contribution is -0.118. The normalized spacial score (nSPS) is 12.6. The molecule has 7 heteroatoms. The molecule has 1 atom stereocenters. The van der Waals surface area contributed by atoms with Gasteiger partial charge in [0.1, 0.15) is 0 Å². The molecule has 1 amide bonds. The topological polar surface area (TPSA) is 98.5 Å². The van der Waals surface area contributed by atoms with Crippen molar-refractivity contribution in [2.75, 3.05) is 19.0 Å². The summed E-state index contributed by atoms with van der Waals surface area (Å²) in [7, 11) is -1.93. The molecule has 0 fully saturated rings. The summed E-state index contributed by atoms with van der Waals surface area (Å²) in [5.74, 6) is -0.370. The minimum atomic E-state index is -3.43. The van der Waals surface area contributed by atoms with Crippen molar-refractivity contribution in [2.45, 2.75) is 23.2 Å². The lowest BCUT2D eigenvalue weighted by Gasteiger charge is -2.13. The van der Waals surface area contributed by atoms with E-state index in [1.165, 1.54) is 7.11 Å². The Kier molecular flexibility index (Phi) is 6.69. The number of anilines is 1. The molecule has 2 aromatic rings. The van der Waals surface area contributed by atoms with Gasteiger partial charge in [-0.15, -0.1) is 0 Å². The highest BCUT2D eigenvalue weighted by Gasteiger charge is 2.16. The first-order valence-electron chi connectivity index (χ1n) is 7.84. The van der Waals surface area contributed by atoms with Gasteiger partial charge in [-0.2, -0.15) is 0 Å². The van der Waals surface area contributed by atoms with Crippen LogP contribution in [0.3, 0.4) is 0 Å². The van der Waals surface area contributed by atoms with Crippen LogP contribution < -0.4 is 11.1 Å². The molecule has 0 aliphatic heterocycles. The highest BCUT2D eigenvalue weighted by atomic mass is 32.2. The number of nitrogens with two attached hydrogens (primary N) is 1. The molecule has 0 aliphatic rings. The van der Waals surface area contributed by atoms with E-state index in [4.69, 9.17) is 10.5 Å². The molecule has 0 aliphatic carbocycles. The maximum Gasteiger partial charge on any atom is 0.227 e. The minimum Gasteiger partial charge on any atom is -0.380 e. The van der Waals surface area contributed by atoms with Gasteiger partial charge in [0.15, 0.2) is 9.84 Å². The van der Waals surface area contributed by atoms with Crippen LogP contribution in [0.15, 0.2) is 59.5 Å². The maximum absolute atomic E-state index is 12.4. The maximum atomic E-state index is 12.4. The molecule has 0 aromatic heterocycles. The van der Waals surface area contributed by atoms with E-state index >= 15 is 0 Å². The number of amides is 1. The summed E-state index contributed by atoms with van der Waals surface area (Å²) in [4.78, 5) is 12.3. The zero-order valence-corrected chi connectivity index (χ0v) is 14.8. The molecule has 0 saturated carbocycles.